The number of anilines is 1. The highest BCUT2D eigenvalue weighted by molar-refractivity contribution is 6.31. The van der Waals surface area contributed by atoms with Gasteiger partial charge in [0.25, 0.3) is 5.91 Å². The predicted molar refractivity (Wildman–Crippen MR) is 78.0 cm³/mol. The summed E-state index contributed by atoms with van der Waals surface area (Å²) in [4.78, 5) is 12.2. The molecule has 2 N–H and O–H groups in total. The lowest BCUT2D eigenvalue weighted by Crippen LogP contribution is -2.11. The molecule has 0 fully saturated rings. The lowest BCUT2D eigenvalue weighted by molar-refractivity contribution is 0.102. The maximum Gasteiger partial charge on any atom is 0.255 e. The van der Waals surface area contributed by atoms with Gasteiger partial charge in [-0.05, 0) is 42.8 Å². The Morgan fingerprint density at radius 1 is 1.15 bits per heavy atom. The van der Waals surface area contributed by atoms with Crippen molar-refractivity contribution < 1.29 is 4.79 Å². The fourth-order valence-corrected chi connectivity index (χ4v) is 2.04. The number of aromatic nitrogens is 3. The fraction of sp³-hybridized carbons (Fsp3) is 0.0714. The summed E-state index contributed by atoms with van der Waals surface area (Å²) >= 11 is 6.03. The summed E-state index contributed by atoms with van der Waals surface area (Å²) in [6.45, 7) is 1.91. The van der Waals surface area contributed by atoms with Crippen LogP contribution in [0.4, 0.5) is 5.69 Å². The van der Waals surface area contributed by atoms with Crippen molar-refractivity contribution in [3.8, 4) is 0 Å². The quantitative estimate of drug-likeness (QED) is 0.760. The van der Waals surface area contributed by atoms with Gasteiger partial charge in [0.1, 0.15) is 11.0 Å². The number of hydrogen-bond donors (Lipinski definition) is 2. The summed E-state index contributed by atoms with van der Waals surface area (Å²) < 4.78 is 0. The molecule has 0 saturated heterocycles. The van der Waals surface area contributed by atoms with Gasteiger partial charge < -0.3 is 5.32 Å². The minimum atomic E-state index is -0.213. The molecule has 0 aliphatic rings. The highest BCUT2D eigenvalue weighted by atomic mass is 35.5. The van der Waals surface area contributed by atoms with Gasteiger partial charge in [0.2, 0.25) is 0 Å². The summed E-state index contributed by atoms with van der Waals surface area (Å²) in [5.41, 5.74) is 3.52. The molecule has 0 aliphatic carbocycles. The number of benzene rings is 2. The van der Waals surface area contributed by atoms with E-state index in [0.717, 1.165) is 11.1 Å². The third-order valence-corrected chi connectivity index (χ3v) is 3.42. The van der Waals surface area contributed by atoms with E-state index in [1.807, 2.05) is 19.1 Å². The summed E-state index contributed by atoms with van der Waals surface area (Å²) in [6, 6.07) is 10.5. The number of fused-ring (bicyclic) bond motifs is 1. The molecule has 0 bridgehead atoms. The van der Waals surface area contributed by atoms with Crippen molar-refractivity contribution >= 4 is 34.2 Å². The monoisotopic (exact) mass is 286 g/mol. The molecule has 100 valence electrons. The van der Waals surface area contributed by atoms with Gasteiger partial charge in [-0.25, -0.2) is 0 Å². The van der Waals surface area contributed by atoms with E-state index in [-0.39, 0.29) is 5.91 Å². The topological polar surface area (TPSA) is 70.7 Å². The molecule has 0 spiro atoms. The van der Waals surface area contributed by atoms with Crippen molar-refractivity contribution in [3.63, 3.8) is 0 Å². The lowest BCUT2D eigenvalue weighted by atomic mass is 10.1. The van der Waals surface area contributed by atoms with Crippen LogP contribution < -0.4 is 5.32 Å². The highest BCUT2D eigenvalue weighted by Crippen LogP contribution is 2.20. The number of carbonyl (C=O) groups excluding carboxylic acids is 1. The molecule has 6 heteroatoms. The molecule has 1 amide bonds. The molecule has 0 saturated carbocycles. The van der Waals surface area contributed by atoms with E-state index in [9.17, 15) is 4.79 Å². The Kier molecular flexibility index (Phi) is 3.12. The standard InChI is InChI=1S/C14H11ClN4O/c1-8-2-4-10(7-11(8)15)16-14(20)9-3-5-12-13(6-9)18-19-17-12/h2-7H,1H3,(H,16,20)(H,17,18,19). The number of nitrogens with zero attached hydrogens (tertiary/aromatic N) is 2. The van der Waals surface area contributed by atoms with Crippen LogP contribution >= 0.6 is 11.6 Å². The smallest absolute Gasteiger partial charge is 0.255 e. The molecule has 2 aromatic carbocycles. The van der Waals surface area contributed by atoms with Crippen molar-refractivity contribution in [1.82, 2.24) is 15.4 Å². The van der Waals surface area contributed by atoms with Gasteiger partial charge in [-0.3, -0.25) is 4.79 Å². The molecule has 3 rings (SSSR count). The number of nitrogens with one attached hydrogen (secondary N) is 2. The zero-order valence-electron chi connectivity index (χ0n) is 10.6. The third-order valence-electron chi connectivity index (χ3n) is 3.01. The largest absolute Gasteiger partial charge is 0.322 e. The maximum atomic E-state index is 12.2. The first-order valence-corrected chi connectivity index (χ1v) is 6.39. The van der Waals surface area contributed by atoms with Crippen LogP contribution in [0.2, 0.25) is 5.02 Å². The Morgan fingerprint density at radius 3 is 2.75 bits per heavy atom. The summed E-state index contributed by atoms with van der Waals surface area (Å²) in [7, 11) is 0. The van der Waals surface area contributed by atoms with E-state index in [4.69, 9.17) is 11.6 Å². The van der Waals surface area contributed by atoms with Crippen molar-refractivity contribution in [2.45, 2.75) is 6.92 Å². The van der Waals surface area contributed by atoms with Crippen LogP contribution in [0, 0.1) is 6.92 Å². The Hall–Kier alpha value is -2.40. The molecule has 5 nitrogen and oxygen atoms in total. The molecular formula is C14H11ClN4O. The number of amides is 1. The lowest BCUT2D eigenvalue weighted by Gasteiger charge is -2.06. The predicted octanol–water partition coefficient (Wildman–Crippen LogP) is 3.17. The Labute approximate surface area is 120 Å². The molecule has 1 heterocycles. The average Bonchev–Trinajstić information content (AvgIpc) is 2.90. The molecule has 1 aromatic heterocycles. The molecule has 0 aliphatic heterocycles. The molecule has 0 radical (unpaired) electrons. The number of carbonyl (C=O) groups is 1. The van der Waals surface area contributed by atoms with E-state index in [2.05, 4.69) is 20.7 Å². The number of rotatable bonds is 2. The maximum absolute atomic E-state index is 12.2. The van der Waals surface area contributed by atoms with Crippen LogP contribution in [0.25, 0.3) is 11.0 Å². The molecular weight excluding hydrogens is 276 g/mol. The van der Waals surface area contributed by atoms with Crippen LogP contribution in [-0.2, 0) is 0 Å². The van der Waals surface area contributed by atoms with Gasteiger partial charge in [-0.2, -0.15) is 15.4 Å². The number of aromatic amines is 1. The van der Waals surface area contributed by atoms with Gasteiger partial charge in [-0.1, -0.05) is 17.7 Å². The van der Waals surface area contributed by atoms with E-state index >= 15 is 0 Å². The van der Waals surface area contributed by atoms with Crippen LogP contribution in [0.1, 0.15) is 15.9 Å². The number of aryl methyl sites for hydroxylation is 1. The number of H-pyrrole nitrogens is 1. The minimum Gasteiger partial charge on any atom is -0.322 e. The second-order valence-corrected chi connectivity index (χ2v) is 4.85. The number of hydrogen-bond acceptors (Lipinski definition) is 3. The van der Waals surface area contributed by atoms with Crippen molar-refractivity contribution in [3.05, 3.63) is 52.5 Å². The van der Waals surface area contributed by atoms with Crippen LogP contribution in [0.15, 0.2) is 36.4 Å². The van der Waals surface area contributed by atoms with Crippen LogP contribution in [-0.4, -0.2) is 21.3 Å². The Balaban J connectivity index is 1.86. The Bertz CT molecular complexity index is 797. The second-order valence-electron chi connectivity index (χ2n) is 4.45. The number of halogens is 1. The molecule has 3 aromatic rings. The summed E-state index contributed by atoms with van der Waals surface area (Å²) in [5.74, 6) is -0.213. The van der Waals surface area contributed by atoms with Gasteiger partial charge in [-0.15, -0.1) is 0 Å². The molecule has 0 atom stereocenters. The first-order chi connectivity index (χ1) is 9.63. The Morgan fingerprint density at radius 2 is 1.95 bits per heavy atom. The van der Waals surface area contributed by atoms with E-state index in [0.29, 0.717) is 21.8 Å². The van der Waals surface area contributed by atoms with E-state index < -0.39 is 0 Å². The van der Waals surface area contributed by atoms with Gasteiger partial charge in [0.15, 0.2) is 0 Å². The summed E-state index contributed by atoms with van der Waals surface area (Å²) in [5, 5.41) is 13.8. The third kappa shape index (κ3) is 2.35. The SMILES string of the molecule is Cc1ccc(NC(=O)c2ccc3n[nH]nc3c2)cc1Cl. The normalized spacial score (nSPS) is 10.7. The first kappa shape index (κ1) is 12.6. The first-order valence-electron chi connectivity index (χ1n) is 6.01. The van der Waals surface area contributed by atoms with E-state index in [1.165, 1.54) is 0 Å². The molecule has 20 heavy (non-hydrogen) atoms. The van der Waals surface area contributed by atoms with Crippen molar-refractivity contribution in [2.24, 2.45) is 0 Å². The van der Waals surface area contributed by atoms with E-state index in [1.54, 1.807) is 24.3 Å². The minimum absolute atomic E-state index is 0.213. The fourth-order valence-electron chi connectivity index (χ4n) is 1.86. The van der Waals surface area contributed by atoms with Gasteiger partial charge >= 0.3 is 0 Å². The van der Waals surface area contributed by atoms with Crippen LogP contribution in [0.5, 0.6) is 0 Å². The zero-order chi connectivity index (χ0) is 14.1. The highest BCUT2D eigenvalue weighted by Gasteiger charge is 2.09. The summed E-state index contributed by atoms with van der Waals surface area (Å²) in [6.07, 6.45) is 0. The average molecular weight is 287 g/mol. The van der Waals surface area contributed by atoms with Gasteiger partial charge in [0, 0.05) is 16.3 Å². The van der Waals surface area contributed by atoms with Gasteiger partial charge in [0.05, 0.1) is 0 Å². The van der Waals surface area contributed by atoms with Crippen LogP contribution in [0.3, 0.4) is 0 Å². The van der Waals surface area contributed by atoms with Crippen molar-refractivity contribution in [2.75, 3.05) is 5.32 Å². The molecule has 0 unspecified atom stereocenters. The van der Waals surface area contributed by atoms with Crippen molar-refractivity contribution in [1.29, 1.82) is 0 Å². The second kappa shape index (κ2) is 4.94. The zero-order valence-corrected chi connectivity index (χ0v) is 11.4.